The fraction of sp³-hybridized carbons (Fsp3) is 0.759. The molecule has 0 radical (unpaired) electrons. The van der Waals surface area contributed by atoms with E-state index in [2.05, 4.69) is 101 Å². The predicted molar refractivity (Wildman–Crippen MR) is 378 cm³/mol. The van der Waals surface area contributed by atoms with Crippen LogP contribution in [0.3, 0.4) is 0 Å². The summed E-state index contributed by atoms with van der Waals surface area (Å²) in [4.78, 5) is 70.3. The molecule has 1 rings (SSSR count). The number of Topliss-reactive ketones (excluding diaryl/α,β-unsaturated/α-hetero) is 1. The Labute approximate surface area is 540 Å². The highest BCUT2D eigenvalue weighted by Gasteiger charge is 2.25. The summed E-state index contributed by atoms with van der Waals surface area (Å²) < 4.78 is 11.2. The van der Waals surface area contributed by atoms with Gasteiger partial charge in [0.2, 0.25) is 0 Å². The standard InChI is InChI=1S/C27H46O4.C20H32O3.C13H20O.C9H20.C8H18.C2H6/c1-5-9-11-13-15-17-19-30-26(8-4)22-24(21-25(28)7-3)23-27(29)31-20-18-16-14-12-10-6-2;1-4-6-7-8-9-10-11-12-13-20(23)16-18(14-17(3)21)15-19(22)5-2;1-4-11-8-10(3)6-7-12(9-11)13(14)5-2;1-3-5-7-9-8-6-4-2;1-4-6-8(3)7-5-2;1-2/h7,24H,3-6,9-23H2,1-2H3;5,12-13,18H,2,4,6-11,14-16H2,1,3H3;4-5,10-12H,1-2,6-9H2,3H3;3-9H2,1-2H3;8H,4-7H2,1-3H3;1-2H3/b;13-12-;;;;/t;;10-,11-,12?;;;/m..0.../s1. The van der Waals surface area contributed by atoms with E-state index in [4.69, 9.17) is 9.47 Å². The number of hydrogen-bond acceptors (Lipinski definition) is 8. The Balaban J connectivity index is -0.000000348. The third-order valence-corrected chi connectivity index (χ3v) is 15.7. The van der Waals surface area contributed by atoms with Gasteiger partial charge in [-0.25, -0.2) is 0 Å². The lowest BCUT2D eigenvalue weighted by Crippen LogP contribution is -2.16. The predicted octanol–water partition coefficient (Wildman–Crippen LogP) is 23.8. The van der Waals surface area contributed by atoms with Gasteiger partial charge in [-0.05, 0) is 112 Å². The molecule has 1 aliphatic carbocycles. The summed E-state index contributed by atoms with van der Waals surface area (Å²) in [6.45, 7) is 44.9. The third kappa shape index (κ3) is 69.2. The highest BCUT2D eigenvalue weighted by molar-refractivity contribution is 5.93. The number of unbranched alkanes of at least 4 members (excludes halogenated alkanes) is 22. The molecule has 0 amide bonds. The van der Waals surface area contributed by atoms with Gasteiger partial charge >= 0.3 is 5.97 Å². The van der Waals surface area contributed by atoms with Gasteiger partial charge in [-0.1, -0.05) is 287 Å². The lowest BCUT2D eigenvalue weighted by molar-refractivity contribution is -0.145. The van der Waals surface area contributed by atoms with Crippen molar-refractivity contribution < 1.29 is 38.2 Å². The number of carbonyl (C=O) groups is 6. The van der Waals surface area contributed by atoms with E-state index in [-0.39, 0.29) is 84.7 Å². The number of carbonyl (C=O) groups excluding carboxylic acids is 6. The molecule has 506 valence electrons. The topological polar surface area (TPSA) is 121 Å². The van der Waals surface area contributed by atoms with E-state index < -0.39 is 0 Å². The van der Waals surface area contributed by atoms with E-state index in [0.717, 1.165) is 69.6 Å². The second-order valence-electron chi connectivity index (χ2n) is 24.5. The molecule has 1 fully saturated rings. The Morgan fingerprint density at radius 3 is 1.31 bits per heavy atom. The van der Waals surface area contributed by atoms with Gasteiger partial charge in [0.1, 0.15) is 11.5 Å². The van der Waals surface area contributed by atoms with Crippen molar-refractivity contribution in [3.05, 3.63) is 80.8 Å². The number of ketones is 5. The smallest absolute Gasteiger partial charge is 0.306 e. The van der Waals surface area contributed by atoms with Crippen LogP contribution in [0.4, 0.5) is 0 Å². The minimum Gasteiger partial charge on any atom is -0.490 e. The molecule has 0 saturated heterocycles. The molecule has 0 aromatic carbocycles. The van der Waals surface area contributed by atoms with Crippen LogP contribution in [0.25, 0.3) is 0 Å². The molecule has 0 aliphatic heterocycles. The van der Waals surface area contributed by atoms with Gasteiger partial charge in [0.25, 0.3) is 0 Å². The molecule has 0 N–H and O–H groups in total. The Kier molecular flexibility index (Phi) is 76.4. The van der Waals surface area contributed by atoms with Crippen LogP contribution in [0, 0.1) is 35.5 Å². The third-order valence-electron chi connectivity index (χ3n) is 15.7. The Morgan fingerprint density at radius 1 is 0.494 bits per heavy atom. The molecule has 5 atom stereocenters. The second kappa shape index (κ2) is 72.6. The van der Waals surface area contributed by atoms with Gasteiger partial charge in [-0.3, -0.25) is 24.0 Å². The summed E-state index contributed by atoms with van der Waals surface area (Å²) in [6.07, 6.45) is 53.5. The Hall–Kier alpha value is -4.16. The molecule has 3 unspecified atom stereocenters. The molecule has 0 spiro atoms. The zero-order valence-corrected chi connectivity index (χ0v) is 59.4. The van der Waals surface area contributed by atoms with E-state index in [1.807, 2.05) is 26.0 Å². The number of esters is 1. The SMILES string of the molecule is C=C=C(CC(CC(=O)C=C)CC(=O)OCCCCCCCC)OCCCCCCCC.C=CC(=O)C1CC[C@H](C)C[C@H](C=C)C1.C=CC(=O)CC(CC(C)=O)CC(=O)/C=C\CCCCCCCC.CC.CCCC(C)CCC.CCCCCCCCC. The molecule has 8 nitrogen and oxygen atoms in total. The van der Waals surface area contributed by atoms with Gasteiger partial charge in [-0.15, -0.1) is 6.58 Å². The lowest BCUT2D eigenvalue weighted by atomic mass is 9.90. The van der Waals surface area contributed by atoms with Gasteiger partial charge < -0.3 is 14.3 Å². The molecule has 8 heteroatoms. The minimum atomic E-state index is -0.255. The number of ether oxygens (including phenoxy) is 2. The van der Waals surface area contributed by atoms with E-state index in [9.17, 15) is 28.8 Å². The van der Waals surface area contributed by atoms with E-state index in [1.54, 1.807) is 6.08 Å². The maximum Gasteiger partial charge on any atom is 0.306 e. The van der Waals surface area contributed by atoms with Crippen LogP contribution < -0.4 is 0 Å². The maximum absolute atomic E-state index is 12.3. The van der Waals surface area contributed by atoms with Crippen molar-refractivity contribution in [3.8, 4) is 0 Å². The van der Waals surface area contributed by atoms with E-state index in [1.165, 1.54) is 186 Å². The quantitative estimate of drug-likeness (QED) is 0.0112. The summed E-state index contributed by atoms with van der Waals surface area (Å²) >= 11 is 0. The summed E-state index contributed by atoms with van der Waals surface area (Å²) in [5.74, 6) is 2.41. The van der Waals surface area contributed by atoms with Crippen LogP contribution in [0.15, 0.2) is 80.8 Å². The van der Waals surface area contributed by atoms with Crippen molar-refractivity contribution in [2.45, 2.75) is 340 Å². The van der Waals surface area contributed by atoms with Crippen molar-refractivity contribution in [2.75, 3.05) is 13.2 Å². The van der Waals surface area contributed by atoms with Crippen molar-refractivity contribution in [2.24, 2.45) is 35.5 Å². The van der Waals surface area contributed by atoms with Crippen LogP contribution in [0.5, 0.6) is 0 Å². The first-order valence-electron chi connectivity index (χ1n) is 35.9. The summed E-state index contributed by atoms with van der Waals surface area (Å²) in [7, 11) is 0. The fourth-order valence-corrected chi connectivity index (χ4v) is 10.5. The first kappa shape index (κ1) is 91.6. The molecule has 87 heavy (non-hydrogen) atoms. The lowest BCUT2D eigenvalue weighted by Gasteiger charge is -2.17. The molecular weight excluding hydrogens is 1080 g/mol. The Morgan fingerprint density at radius 2 is 0.908 bits per heavy atom. The molecule has 0 aromatic heterocycles. The van der Waals surface area contributed by atoms with Crippen LogP contribution in [0.2, 0.25) is 0 Å². The van der Waals surface area contributed by atoms with Crippen LogP contribution in [0.1, 0.15) is 340 Å². The molecule has 1 aliphatic rings. The molecule has 0 heterocycles. The summed E-state index contributed by atoms with van der Waals surface area (Å²) in [5.41, 5.74) is 2.84. The number of allylic oxidation sites excluding steroid dienone is 7. The summed E-state index contributed by atoms with van der Waals surface area (Å²) in [5, 5.41) is 0. The Bertz CT molecular complexity index is 1740. The van der Waals surface area contributed by atoms with E-state index >= 15 is 0 Å². The zero-order valence-electron chi connectivity index (χ0n) is 59.4. The van der Waals surface area contributed by atoms with Crippen LogP contribution in [-0.4, -0.2) is 48.1 Å². The molecular formula is C79H142O8. The second-order valence-corrected chi connectivity index (χ2v) is 24.5. The summed E-state index contributed by atoms with van der Waals surface area (Å²) in [6, 6.07) is 0. The molecule has 0 aromatic rings. The van der Waals surface area contributed by atoms with Crippen LogP contribution in [-0.2, 0) is 38.2 Å². The first-order chi connectivity index (χ1) is 41.9. The van der Waals surface area contributed by atoms with Crippen molar-refractivity contribution in [1.29, 1.82) is 0 Å². The average Bonchev–Trinajstić information content (AvgIpc) is 3.99. The van der Waals surface area contributed by atoms with Crippen LogP contribution >= 0.6 is 0 Å². The largest absolute Gasteiger partial charge is 0.490 e. The zero-order chi connectivity index (χ0) is 66.6. The van der Waals surface area contributed by atoms with Crippen molar-refractivity contribution in [1.82, 2.24) is 0 Å². The van der Waals surface area contributed by atoms with Gasteiger partial charge in [0.05, 0.1) is 13.2 Å². The fourth-order valence-electron chi connectivity index (χ4n) is 10.5. The minimum absolute atomic E-state index is 0.000838. The normalized spacial score (nSPS) is 14.7. The maximum atomic E-state index is 12.3. The first-order valence-corrected chi connectivity index (χ1v) is 35.9. The van der Waals surface area contributed by atoms with Gasteiger partial charge in [0.15, 0.2) is 23.1 Å². The van der Waals surface area contributed by atoms with Gasteiger partial charge in [0, 0.05) is 44.4 Å². The monoisotopic (exact) mass is 1220 g/mol. The van der Waals surface area contributed by atoms with Crippen molar-refractivity contribution in [3.63, 3.8) is 0 Å². The number of hydrogen-bond donors (Lipinski definition) is 0. The molecule has 0 bridgehead atoms. The van der Waals surface area contributed by atoms with E-state index in [0.29, 0.717) is 31.3 Å². The van der Waals surface area contributed by atoms with Crippen molar-refractivity contribution >= 4 is 34.9 Å². The highest BCUT2D eigenvalue weighted by Crippen LogP contribution is 2.32. The highest BCUT2D eigenvalue weighted by atomic mass is 16.5. The molecule has 1 saturated carbocycles. The average molecular weight is 1220 g/mol. The van der Waals surface area contributed by atoms with Gasteiger partial charge in [-0.2, -0.15) is 0 Å². The number of rotatable bonds is 50.